The van der Waals surface area contributed by atoms with Crippen molar-refractivity contribution in [3.05, 3.63) is 29.3 Å². The zero-order valence-corrected chi connectivity index (χ0v) is 16.1. The number of urea groups is 1. The smallest absolute Gasteiger partial charge is 0.322 e. The van der Waals surface area contributed by atoms with Crippen molar-refractivity contribution < 1.29 is 14.5 Å². The molecule has 1 heterocycles. The second-order valence-corrected chi connectivity index (χ2v) is 7.92. The van der Waals surface area contributed by atoms with Gasteiger partial charge in [0.05, 0.1) is 36.9 Å². The number of nitrogens with zero attached hydrogens (tertiary/aromatic N) is 1. The molecule has 0 radical (unpaired) electrons. The number of quaternary nitrogens is 1. The van der Waals surface area contributed by atoms with E-state index in [2.05, 4.69) is 15.5 Å². The first-order valence-electron chi connectivity index (χ1n) is 8.64. The standard InChI is InChI=1S/C18H27ClN4O2/c1-13(16(24)20-17(25)21-18(2,3)4)22-9-11-23(12-10-22)15-8-6-5-7-14(15)19/h5-8,13H,9-12H2,1-4H3,(H2,20,21,24,25)/p+1/t13-/m0/s1. The molecule has 0 unspecified atom stereocenters. The quantitative estimate of drug-likeness (QED) is 0.748. The maximum Gasteiger partial charge on any atom is 0.322 e. The van der Waals surface area contributed by atoms with Gasteiger partial charge in [0.15, 0.2) is 6.04 Å². The molecule has 0 aromatic heterocycles. The first-order chi connectivity index (χ1) is 11.7. The highest BCUT2D eigenvalue weighted by atomic mass is 35.5. The summed E-state index contributed by atoms with van der Waals surface area (Å²) < 4.78 is 0. The lowest BCUT2D eigenvalue weighted by Gasteiger charge is -2.36. The molecule has 1 aliphatic heterocycles. The SMILES string of the molecule is C[C@@H](C(=O)NC(=O)NC(C)(C)C)[NH+]1CCN(c2ccccc2Cl)CC1. The predicted octanol–water partition coefficient (Wildman–Crippen LogP) is 1.06. The van der Waals surface area contributed by atoms with Gasteiger partial charge >= 0.3 is 6.03 Å². The minimum atomic E-state index is -0.446. The summed E-state index contributed by atoms with van der Waals surface area (Å²) >= 11 is 6.26. The first kappa shape index (κ1) is 19.5. The van der Waals surface area contributed by atoms with E-state index in [0.29, 0.717) is 0 Å². The number of piperazine rings is 1. The molecule has 6 nitrogen and oxygen atoms in total. The van der Waals surface area contributed by atoms with Gasteiger partial charge in [0.1, 0.15) is 0 Å². The summed E-state index contributed by atoms with van der Waals surface area (Å²) in [4.78, 5) is 27.6. The number of anilines is 1. The Kier molecular flexibility index (Phi) is 6.30. The number of rotatable bonds is 3. The molecule has 3 N–H and O–H groups in total. The van der Waals surface area contributed by atoms with Crippen molar-refractivity contribution in [1.82, 2.24) is 10.6 Å². The van der Waals surface area contributed by atoms with Crippen LogP contribution >= 0.6 is 11.6 Å². The second-order valence-electron chi connectivity index (χ2n) is 7.51. The highest BCUT2D eigenvalue weighted by Crippen LogP contribution is 2.24. The van der Waals surface area contributed by atoms with Crippen LogP contribution in [0.5, 0.6) is 0 Å². The van der Waals surface area contributed by atoms with E-state index in [0.717, 1.165) is 36.9 Å². The normalized spacial score (nSPS) is 17.1. The third-order valence-corrected chi connectivity index (χ3v) is 4.65. The van der Waals surface area contributed by atoms with Gasteiger partial charge < -0.3 is 15.1 Å². The number of hydrogen-bond acceptors (Lipinski definition) is 3. The van der Waals surface area contributed by atoms with E-state index in [1.807, 2.05) is 52.0 Å². The van der Waals surface area contributed by atoms with E-state index in [1.165, 1.54) is 4.90 Å². The monoisotopic (exact) mass is 367 g/mol. The molecule has 0 aliphatic carbocycles. The predicted molar refractivity (Wildman–Crippen MR) is 100 cm³/mol. The fourth-order valence-corrected chi connectivity index (χ4v) is 3.21. The average Bonchev–Trinajstić information content (AvgIpc) is 2.53. The van der Waals surface area contributed by atoms with Crippen molar-refractivity contribution >= 4 is 29.2 Å². The Bertz CT molecular complexity index is 622. The van der Waals surface area contributed by atoms with Crippen LogP contribution in [0.3, 0.4) is 0 Å². The Morgan fingerprint density at radius 2 is 1.80 bits per heavy atom. The number of hydrogen-bond donors (Lipinski definition) is 3. The van der Waals surface area contributed by atoms with Crippen molar-refractivity contribution in [2.45, 2.75) is 39.3 Å². The fourth-order valence-electron chi connectivity index (χ4n) is 2.95. The summed E-state index contributed by atoms with van der Waals surface area (Å²) in [6.45, 7) is 10.8. The largest absolute Gasteiger partial charge is 0.359 e. The van der Waals surface area contributed by atoms with Crippen molar-refractivity contribution in [2.24, 2.45) is 0 Å². The molecule has 25 heavy (non-hydrogen) atoms. The lowest BCUT2D eigenvalue weighted by atomic mass is 10.1. The van der Waals surface area contributed by atoms with Crippen LogP contribution in [-0.4, -0.2) is 49.7 Å². The molecule has 138 valence electrons. The molecule has 2 rings (SSSR count). The second kappa shape index (κ2) is 8.06. The lowest BCUT2D eigenvalue weighted by Crippen LogP contribution is -3.19. The lowest BCUT2D eigenvalue weighted by molar-refractivity contribution is -0.914. The van der Waals surface area contributed by atoms with E-state index in [1.54, 1.807) is 0 Å². The molecule has 1 aliphatic rings. The average molecular weight is 368 g/mol. The van der Waals surface area contributed by atoms with E-state index >= 15 is 0 Å². The summed E-state index contributed by atoms with van der Waals surface area (Å²) in [5.41, 5.74) is 0.658. The summed E-state index contributed by atoms with van der Waals surface area (Å²) in [6, 6.07) is 7.07. The zero-order chi connectivity index (χ0) is 18.6. The Labute approximate surface area is 154 Å². The number of para-hydroxylation sites is 1. The van der Waals surface area contributed by atoms with Gasteiger partial charge in [0.25, 0.3) is 5.91 Å². The molecule has 1 saturated heterocycles. The number of nitrogens with one attached hydrogen (secondary N) is 3. The minimum absolute atomic E-state index is 0.247. The molecule has 0 bridgehead atoms. The van der Waals surface area contributed by atoms with Crippen molar-refractivity contribution in [1.29, 1.82) is 0 Å². The summed E-state index contributed by atoms with van der Waals surface area (Å²) in [5.74, 6) is -0.247. The van der Waals surface area contributed by atoms with Crippen LogP contribution in [0.25, 0.3) is 0 Å². The van der Waals surface area contributed by atoms with Crippen molar-refractivity contribution in [3.63, 3.8) is 0 Å². The molecule has 0 saturated carbocycles. The van der Waals surface area contributed by atoms with Gasteiger partial charge in [-0.15, -0.1) is 0 Å². The van der Waals surface area contributed by atoms with Crippen molar-refractivity contribution in [2.75, 3.05) is 31.1 Å². The zero-order valence-electron chi connectivity index (χ0n) is 15.4. The number of imide groups is 1. The van der Waals surface area contributed by atoms with Gasteiger partial charge in [-0.05, 0) is 39.8 Å². The van der Waals surface area contributed by atoms with Gasteiger partial charge in [0, 0.05) is 5.54 Å². The topological polar surface area (TPSA) is 65.9 Å². The van der Waals surface area contributed by atoms with Crippen LogP contribution in [0.1, 0.15) is 27.7 Å². The van der Waals surface area contributed by atoms with E-state index in [4.69, 9.17) is 11.6 Å². The number of carbonyl (C=O) groups is 2. The fraction of sp³-hybridized carbons (Fsp3) is 0.556. The molecule has 1 aromatic rings. The van der Waals surface area contributed by atoms with Crippen LogP contribution in [0.15, 0.2) is 24.3 Å². The molecule has 0 spiro atoms. The first-order valence-corrected chi connectivity index (χ1v) is 9.02. The highest BCUT2D eigenvalue weighted by molar-refractivity contribution is 6.33. The van der Waals surface area contributed by atoms with E-state index < -0.39 is 6.03 Å². The molecule has 7 heteroatoms. The van der Waals surface area contributed by atoms with Gasteiger partial charge in [-0.3, -0.25) is 10.1 Å². The summed E-state index contributed by atoms with van der Waals surface area (Å²) in [6.07, 6.45) is 0. The molecular formula is C18H28ClN4O2+. The number of halogens is 1. The Hall–Kier alpha value is -1.79. The third-order valence-electron chi connectivity index (χ3n) is 4.33. The van der Waals surface area contributed by atoms with Gasteiger partial charge in [0.2, 0.25) is 0 Å². The van der Waals surface area contributed by atoms with Crippen LogP contribution in [0.4, 0.5) is 10.5 Å². The van der Waals surface area contributed by atoms with Gasteiger partial charge in [-0.2, -0.15) is 0 Å². The van der Waals surface area contributed by atoms with Crippen LogP contribution < -0.4 is 20.4 Å². The Balaban J connectivity index is 1.86. The molecule has 1 atom stereocenters. The summed E-state index contributed by atoms with van der Waals surface area (Å²) in [5, 5.41) is 5.93. The Morgan fingerprint density at radius 1 is 1.20 bits per heavy atom. The van der Waals surface area contributed by atoms with E-state index in [9.17, 15) is 9.59 Å². The number of benzene rings is 1. The molecular weight excluding hydrogens is 340 g/mol. The van der Waals surface area contributed by atoms with Crippen LogP contribution in [0, 0.1) is 0 Å². The highest BCUT2D eigenvalue weighted by Gasteiger charge is 2.31. The van der Waals surface area contributed by atoms with Gasteiger partial charge in [-0.1, -0.05) is 23.7 Å². The van der Waals surface area contributed by atoms with E-state index in [-0.39, 0.29) is 17.5 Å². The molecule has 1 aromatic carbocycles. The van der Waals surface area contributed by atoms with Crippen molar-refractivity contribution in [3.8, 4) is 0 Å². The minimum Gasteiger partial charge on any atom is -0.359 e. The van der Waals surface area contributed by atoms with Crippen LogP contribution in [-0.2, 0) is 4.79 Å². The molecule has 3 amide bonds. The van der Waals surface area contributed by atoms with Crippen LogP contribution in [0.2, 0.25) is 5.02 Å². The maximum absolute atomic E-state index is 12.3. The van der Waals surface area contributed by atoms with Gasteiger partial charge in [-0.25, -0.2) is 4.79 Å². The Morgan fingerprint density at radius 3 is 2.36 bits per heavy atom. The number of amides is 3. The number of carbonyl (C=O) groups excluding carboxylic acids is 2. The summed E-state index contributed by atoms with van der Waals surface area (Å²) in [7, 11) is 0. The molecule has 1 fully saturated rings. The maximum atomic E-state index is 12.3. The third kappa shape index (κ3) is 5.61.